The van der Waals surface area contributed by atoms with Crippen molar-refractivity contribution in [2.75, 3.05) is 0 Å². The SMILES string of the molecule is O=C(O)O.O=C(O)O.O=C(O)O.[Fe]. The summed E-state index contributed by atoms with van der Waals surface area (Å²) in [6, 6.07) is 0. The number of hydrogen-bond acceptors (Lipinski definition) is 3. The summed E-state index contributed by atoms with van der Waals surface area (Å²) in [5.74, 6) is 0. The summed E-state index contributed by atoms with van der Waals surface area (Å²) < 4.78 is 0. The molecular formula is C3H6FeO9. The zero-order chi connectivity index (χ0) is 10.7. The van der Waals surface area contributed by atoms with Crippen molar-refractivity contribution in [1.82, 2.24) is 0 Å². The minimum absolute atomic E-state index is 0. The van der Waals surface area contributed by atoms with Crippen LogP contribution in [0.25, 0.3) is 0 Å². The van der Waals surface area contributed by atoms with Crippen LogP contribution in [0.2, 0.25) is 0 Å². The fourth-order valence-corrected chi connectivity index (χ4v) is 0. The van der Waals surface area contributed by atoms with Crippen molar-refractivity contribution < 1.29 is 62.1 Å². The van der Waals surface area contributed by atoms with Gasteiger partial charge in [-0.1, -0.05) is 0 Å². The molecular weight excluding hydrogens is 236 g/mol. The molecule has 0 spiro atoms. The summed E-state index contributed by atoms with van der Waals surface area (Å²) in [5.41, 5.74) is 0. The fraction of sp³-hybridized carbons (Fsp3) is 0. The fourth-order valence-electron chi connectivity index (χ4n) is 0. The van der Waals surface area contributed by atoms with E-state index in [1.54, 1.807) is 0 Å². The summed E-state index contributed by atoms with van der Waals surface area (Å²) >= 11 is 0. The standard InChI is InChI=1S/3CH2O3.Fe/c3*2-1(3)4;/h3*(H2,2,3,4);. The van der Waals surface area contributed by atoms with Gasteiger partial charge in [0.1, 0.15) is 0 Å². The van der Waals surface area contributed by atoms with Gasteiger partial charge in [-0.05, 0) is 0 Å². The van der Waals surface area contributed by atoms with Crippen molar-refractivity contribution in [3.63, 3.8) is 0 Å². The zero-order valence-electron chi connectivity index (χ0n) is 5.76. The Kier molecular flexibility index (Phi) is 29.0. The predicted octanol–water partition coefficient (Wildman–Crippen LogP) is 0.665. The molecule has 0 saturated heterocycles. The summed E-state index contributed by atoms with van der Waals surface area (Å²) in [5, 5.41) is 41.8. The molecule has 0 aliphatic heterocycles. The summed E-state index contributed by atoms with van der Waals surface area (Å²) in [7, 11) is 0. The van der Waals surface area contributed by atoms with Crippen molar-refractivity contribution in [3.05, 3.63) is 0 Å². The maximum absolute atomic E-state index is 8.56. The maximum atomic E-state index is 8.56. The molecule has 0 aliphatic rings. The Hall–Kier alpha value is -1.67. The Morgan fingerprint density at radius 1 is 0.538 bits per heavy atom. The Labute approximate surface area is 81.3 Å². The predicted molar refractivity (Wildman–Crippen MR) is 32.0 cm³/mol. The first kappa shape index (κ1) is 22.5. The second-order valence-electron chi connectivity index (χ2n) is 0.848. The molecule has 13 heavy (non-hydrogen) atoms. The molecule has 0 atom stereocenters. The molecule has 6 N–H and O–H groups in total. The Bertz CT molecular complexity index is 112. The van der Waals surface area contributed by atoms with Crippen molar-refractivity contribution in [2.24, 2.45) is 0 Å². The average molecular weight is 242 g/mol. The molecule has 0 aromatic rings. The minimum Gasteiger partial charge on any atom is -0.450 e. The molecule has 9 nitrogen and oxygen atoms in total. The van der Waals surface area contributed by atoms with Gasteiger partial charge in [0.15, 0.2) is 0 Å². The molecule has 10 heteroatoms. The van der Waals surface area contributed by atoms with E-state index in [0.717, 1.165) is 0 Å². The van der Waals surface area contributed by atoms with E-state index in [0.29, 0.717) is 0 Å². The van der Waals surface area contributed by atoms with Crippen LogP contribution in [0, 0.1) is 0 Å². The maximum Gasteiger partial charge on any atom is 0.503 e. The third-order valence-corrected chi connectivity index (χ3v) is 0. The van der Waals surface area contributed by atoms with E-state index in [-0.39, 0.29) is 17.1 Å². The van der Waals surface area contributed by atoms with Gasteiger partial charge in [0.2, 0.25) is 0 Å². The van der Waals surface area contributed by atoms with Crippen molar-refractivity contribution >= 4 is 18.5 Å². The van der Waals surface area contributed by atoms with E-state index in [1.807, 2.05) is 0 Å². The first-order valence-corrected chi connectivity index (χ1v) is 1.95. The van der Waals surface area contributed by atoms with Crippen molar-refractivity contribution in [2.45, 2.75) is 0 Å². The normalized spacial score (nSPS) is 5.54. The molecule has 0 rings (SSSR count). The van der Waals surface area contributed by atoms with Gasteiger partial charge in [-0.15, -0.1) is 0 Å². The van der Waals surface area contributed by atoms with Crippen LogP contribution >= 0.6 is 0 Å². The molecule has 0 aliphatic carbocycles. The molecule has 0 radical (unpaired) electrons. The van der Waals surface area contributed by atoms with Gasteiger partial charge in [-0.2, -0.15) is 0 Å². The van der Waals surface area contributed by atoms with Crippen molar-refractivity contribution in [1.29, 1.82) is 0 Å². The third kappa shape index (κ3) is 257. The van der Waals surface area contributed by atoms with Gasteiger partial charge in [0.25, 0.3) is 0 Å². The zero-order valence-corrected chi connectivity index (χ0v) is 6.87. The third-order valence-electron chi connectivity index (χ3n) is 0. The average Bonchev–Trinajstić information content (AvgIpc) is 1.54. The molecule has 0 saturated carbocycles. The topological polar surface area (TPSA) is 173 Å². The largest absolute Gasteiger partial charge is 0.503 e. The van der Waals surface area contributed by atoms with Gasteiger partial charge < -0.3 is 30.6 Å². The second kappa shape index (κ2) is 16.7. The smallest absolute Gasteiger partial charge is 0.450 e. The molecule has 0 aromatic carbocycles. The molecule has 0 heterocycles. The number of carbonyl (C=O) groups is 3. The van der Waals surface area contributed by atoms with E-state index in [2.05, 4.69) is 0 Å². The summed E-state index contributed by atoms with van der Waals surface area (Å²) in [6.07, 6.45) is -5.50. The van der Waals surface area contributed by atoms with Gasteiger partial charge in [-0.25, -0.2) is 14.4 Å². The molecule has 80 valence electrons. The van der Waals surface area contributed by atoms with E-state index < -0.39 is 18.5 Å². The Morgan fingerprint density at radius 3 is 0.538 bits per heavy atom. The minimum atomic E-state index is -1.83. The summed E-state index contributed by atoms with van der Waals surface area (Å²) in [6.45, 7) is 0. The van der Waals surface area contributed by atoms with E-state index in [9.17, 15) is 0 Å². The Balaban J connectivity index is -0.0000000450. The van der Waals surface area contributed by atoms with Crippen LogP contribution in [-0.2, 0) is 17.1 Å². The van der Waals surface area contributed by atoms with Crippen LogP contribution in [0.15, 0.2) is 0 Å². The molecule has 0 fully saturated rings. The Morgan fingerprint density at radius 2 is 0.538 bits per heavy atom. The first-order valence-electron chi connectivity index (χ1n) is 1.95. The van der Waals surface area contributed by atoms with Crippen LogP contribution in [0.5, 0.6) is 0 Å². The van der Waals surface area contributed by atoms with Crippen LogP contribution in [-0.4, -0.2) is 49.1 Å². The molecule has 0 unspecified atom stereocenters. The van der Waals surface area contributed by atoms with Crippen molar-refractivity contribution in [3.8, 4) is 0 Å². The van der Waals surface area contributed by atoms with Gasteiger partial charge >= 0.3 is 18.5 Å². The second-order valence-corrected chi connectivity index (χ2v) is 0.848. The monoisotopic (exact) mass is 242 g/mol. The number of carboxylic acid groups (broad SMARTS) is 6. The van der Waals surface area contributed by atoms with Crippen LogP contribution < -0.4 is 0 Å². The molecule has 0 aromatic heterocycles. The van der Waals surface area contributed by atoms with Gasteiger partial charge in [0, 0.05) is 17.1 Å². The van der Waals surface area contributed by atoms with Gasteiger partial charge in [0.05, 0.1) is 0 Å². The van der Waals surface area contributed by atoms with Gasteiger partial charge in [-0.3, -0.25) is 0 Å². The van der Waals surface area contributed by atoms with E-state index >= 15 is 0 Å². The number of hydrogen-bond donors (Lipinski definition) is 6. The van der Waals surface area contributed by atoms with Crippen LogP contribution in [0.1, 0.15) is 0 Å². The van der Waals surface area contributed by atoms with E-state index in [4.69, 9.17) is 45.0 Å². The first-order chi connectivity index (χ1) is 5.20. The molecule has 0 amide bonds. The van der Waals surface area contributed by atoms with Crippen LogP contribution in [0.3, 0.4) is 0 Å². The van der Waals surface area contributed by atoms with E-state index in [1.165, 1.54) is 0 Å². The summed E-state index contributed by atoms with van der Waals surface area (Å²) in [4.78, 5) is 25.7. The quantitative estimate of drug-likeness (QED) is 0.333. The van der Waals surface area contributed by atoms with Crippen LogP contribution in [0.4, 0.5) is 14.4 Å². The molecule has 0 bridgehead atoms. The number of rotatable bonds is 0.